The molecule has 1 aromatic carbocycles. The van der Waals surface area contributed by atoms with Crippen LogP contribution < -0.4 is 5.32 Å². The van der Waals surface area contributed by atoms with E-state index < -0.39 is 0 Å². The van der Waals surface area contributed by atoms with Crippen molar-refractivity contribution in [3.05, 3.63) is 34.2 Å². The van der Waals surface area contributed by atoms with E-state index >= 15 is 0 Å². The summed E-state index contributed by atoms with van der Waals surface area (Å²) in [7, 11) is 0. The molecule has 3 heterocycles. The average Bonchev–Trinajstić information content (AvgIpc) is 3.09. The van der Waals surface area contributed by atoms with Gasteiger partial charge in [-0.05, 0) is 38.9 Å². The van der Waals surface area contributed by atoms with Gasteiger partial charge in [0.05, 0.1) is 5.02 Å². The Labute approximate surface area is 121 Å². The SMILES string of the molecule is Cc1cc2c(C3CCNC3)c3oc(C)cc3c(Cl)c2o1. The Morgan fingerprint density at radius 3 is 2.50 bits per heavy atom. The molecular formula is C16H16ClNO2. The number of fused-ring (bicyclic) bond motifs is 2. The fraction of sp³-hybridized carbons (Fsp3) is 0.375. The van der Waals surface area contributed by atoms with Crippen molar-refractivity contribution in [1.82, 2.24) is 5.32 Å². The third-order valence-electron chi connectivity index (χ3n) is 4.15. The molecule has 1 aliphatic rings. The fourth-order valence-corrected chi connectivity index (χ4v) is 3.59. The lowest BCUT2D eigenvalue weighted by Crippen LogP contribution is -2.08. The lowest BCUT2D eigenvalue weighted by Gasteiger charge is -2.11. The summed E-state index contributed by atoms with van der Waals surface area (Å²) in [5.41, 5.74) is 2.96. The van der Waals surface area contributed by atoms with Crippen LogP contribution in [0, 0.1) is 13.8 Å². The van der Waals surface area contributed by atoms with E-state index in [2.05, 4.69) is 11.4 Å². The van der Waals surface area contributed by atoms with Crippen LogP contribution in [0.4, 0.5) is 0 Å². The molecule has 2 aromatic heterocycles. The normalized spacial score (nSPS) is 19.4. The van der Waals surface area contributed by atoms with Gasteiger partial charge < -0.3 is 14.2 Å². The molecule has 1 aliphatic heterocycles. The maximum Gasteiger partial charge on any atom is 0.154 e. The van der Waals surface area contributed by atoms with Gasteiger partial charge in [0.1, 0.15) is 17.1 Å². The second-order valence-electron chi connectivity index (χ2n) is 5.62. The zero-order valence-corrected chi connectivity index (χ0v) is 12.3. The van der Waals surface area contributed by atoms with E-state index in [1.807, 2.05) is 19.9 Å². The monoisotopic (exact) mass is 289 g/mol. The van der Waals surface area contributed by atoms with Crippen molar-refractivity contribution in [2.24, 2.45) is 0 Å². The van der Waals surface area contributed by atoms with Gasteiger partial charge in [-0.15, -0.1) is 0 Å². The summed E-state index contributed by atoms with van der Waals surface area (Å²) in [6, 6.07) is 4.08. The molecule has 3 nitrogen and oxygen atoms in total. The van der Waals surface area contributed by atoms with Crippen molar-refractivity contribution >= 4 is 33.5 Å². The first-order valence-corrected chi connectivity index (χ1v) is 7.35. The molecule has 1 fully saturated rings. The molecule has 20 heavy (non-hydrogen) atoms. The average molecular weight is 290 g/mol. The number of aryl methyl sites for hydroxylation is 2. The third kappa shape index (κ3) is 1.63. The van der Waals surface area contributed by atoms with E-state index in [0.29, 0.717) is 10.9 Å². The maximum atomic E-state index is 6.51. The number of rotatable bonds is 1. The van der Waals surface area contributed by atoms with Crippen LogP contribution in [0.5, 0.6) is 0 Å². The number of hydrogen-bond acceptors (Lipinski definition) is 3. The van der Waals surface area contributed by atoms with E-state index in [-0.39, 0.29) is 0 Å². The Morgan fingerprint density at radius 1 is 1.10 bits per heavy atom. The van der Waals surface area contributed by atoms with Crippen LogP contribution in [-0.2, 0) is 0 Å². The first-order chi connectivity index (χ1) is 9.65. The second-order valence-corrected chi connectivity index (χ2v) is 6.00. The predicted octanol–water partition coefficient (Wildman–Crippen LogP) is 4.53. The van der Waals surface area contributed by atoms with E-state index in [0.717, 1.165) is 53.0 Å². The lowest BCUT2D eigenvalue weighted by molar-refractivity contribution is 0.568. The van der Waals surface area contributed by atoms with Crippen LogP contribution >= 0.6 is 11.6 Å². The van der Waals surface area contributed by atoms with Crippen molar-refractivity contribution in [3.8, 4) is 0 Å². The molecule has 1 atom stereocenters. The highest BCUT2D eigenvalue weighted by atomic mass is 35.5. The van der Waals surface area contributed by atoms with Gasteiger partial charge in [-0.3, -0.25) is 0 Å². The van der Waals surface area contributed by atoms with Crippen molar-refractivity contribution in [2.75, 3.05) is 13.1 Å². The van der Waals surface area contributed by atoms with Crippen LogP contribution in [0.25, 0.3) is 21.9 Å². The summed E-state index contributed by atoms with van der Waals surface area (Å²) in [5, 5.41) is 6.15. The Morgan fingerprint density at radius 2 is 1.80 bits per heavy atom. The molecule has 0 amide bonds. The van der Waals surface area contributed by atoms with Gasteiger partial charge in [-0.25, -0.2) is 0 Å². The standard InChI is InChI=1S/C16H16ClNO2/c1-8-5-11-13(10-3-4-18-7-10)15-12(6-9(2)19-15)14(17)16(11)20-8/h5-6,10,18H,3-4,7H2,1-2H3. The van der Waals surface area contributed by atoms with Crippen molar-refractivity contribution in [3.63, 3.8) is 0 Å². The summed E-state index contributed by atoms with van der Waals surface area (Å²) in [4.78, 5) is 0. The fourth-order valence-electron chi connectivity index (χ4n) is 3.31. The van der Waals surface area contributed by atoms with Gasteiger partial charge in [-0.1, -0.05) is 11.6 Å². The van der Waals surface area contributed by atoms with Crippen molar-refractivity contribution in [2.45, 2.75) is 26.2 Å². The number of halogens is 1. The Kier molecular flexibility index (Phi) is 2.63. The summed E-state index contributed by atoms with van der Waals surface area (Å²) in [5.74, 6) is 2.23. The quantitative estimate of drug-likeness (QED) is 0.715. The predicted molar refractivity (Wildman–Crippen MR) is 80.7 cm³/mol. The summed E-state index contributed by atoms with van der Waals surface area (Å²) in [6.07, 6.45) is 1.12. The van der Waals surface area contributed by atoms with Gasteiger partial charge in [0.15, 0.2) is 5.58 Å². The van der Waals surface area contributed by atoms with Crippen LogP contribution in [-0.4, -0.2) is 13.1 Å². The Balaban J connectivity index is 2.16. The second kappa shape index (κ2) is 4.27. The van der Waals surface area contributed by atoms with Crippen LogP contribution in [0.3, 0.4) is 0 Å². The number of nitrogens with one attached hydrogen (secondary N) is 1. The minimum absolute atomic E-state index is 0.458. The molecule has 4 heteroatoms. The summed E-state index contributed by atoms with van der Waals surface area (Å²) in [6.45, 7) is 5.95. The zero-order valence-electron chi connectivity index (χ0n) is 11.5. The highest BCUT2D eigenvalue weighted by Crippen LogP contribution is 2.43. The molecule has 104 valence electrons. The summed E-state index contributed by atoms with van der Waals surface area (Å²) < 4.78 is 11.8. The molecule has 1 saturated heterocycles. The molecule has 1 unspecified atom stereocenters. The zero-order chi connectivity index (χ0) is 13.9. The summed E-state index contributed by atoms with van der Waals surface area (Å²) >= 11 is 6.51. The smallest absolute Gasteiger partial charge is 0.154 e. The minimum atomic E-state index is 0.458. The highest BCUT2D eigenvalue weighted by Gasteiger charge is 2.27. The highest BCUT2D eigenvalue weighted by molar-refractivity contribution is 6.40. The first-order valence-electron chi connectivity index (χ1n) is 6.97. The molecule has 0 bridgehead atoms. The van der Waals surface area contributed by atoms with Gasteiger partial charge in [0.25, 0.3) is 0 Å². The van der Waals surface area contributed by atoms with E-state index in [9.17, 15) is 0 Å². The molecular weight excluding hydrogens is 274 g/mol. The molecule has 0 saturated carbocycles. The molecule has 0 aliphatic carbocycles. The molecule has 3 aromatic rings. The van der Waals surface area contributed by atoms with Crippen molar-refractivity contribution < 1.29 is 8.83 Å². The molecule has 0 spiro atoms. The third-order valence-corrected chi connectivity index (χ3v) is 4.52. The van der Waals surface area contributed by atoms with Gasteiger partial charge in [0, 0.05) is 28.8 Å². The Bertz CT molecular complexity index is 751. The number of hydrogen-bond donors (Lipinski definition) is 1. The van der Waals surface area contributed by atoms with Gasteiger partial charge in [0.2, 0.25) is 0 Å². The molecule has 0 radical (unpaired) electrons. The van der Waals surface area contributed by atoms with Gasteiger partial charge in [-0.2, -0.15) is 0 Å². The van der Waals surface area contributed by atoms with Crippen LogP contribution in [0.2, 0.25) is 5.02 Å². The van der Waals surface area contributed by atoms with Crippen LogP contribution in [0.1, 0.15) is 29.4 Å². The molecule has 4 rings (SSSR count). The first kappa shape index (κ1) is 12.3. The number of benzene rings is 1. The molecule has 1 N–H and O–H groups in total. The Hall–Kier alpha value is -1.45. The van der Waals surface area contributed by atoms with Crippen LogP contribution in [0.15, 0.2) is 21.0 Å². The van der Waals surface area contributed by atoms with Crippen molar-refractivity contribution in [1.29, 1.82) is 0 Å². The minimum Gasteiger partial charge on any atom is -0.461 e. The lowest BCUT2D eigenvalue weighted by atomic mass is 9.93. The van der Waals surface area contributed by atoms with E-state index in [4.69, 9.17) is 20.4 Å². The topological polar surface area (TPSA) is 38.3 Å². The van der Waals surface area contributed by atoms with E-state index in [1.54, 1.807) is 0 Å². The maximum absolute atomic E-state index is 6.51. The van der Waals surface area contributed by atoms with E-state index in [1.165, 1.54) is 5.56 Å². The number of furan rings is 2. The van der Waals surface area contributed by atoms with Gasteiger partial charge >= 0.3 is 0 Å². The largest absolute Gasteiger partial charge is 0.461 e.